The average Bonchev–Trinajstić information content (AvgIpc) is 3.33. The third-order valence-corrected chi connectivity index (χ3v) is 6.31. The van der Waals surface area contributed by atoms with E-state index in [1.54, 1.807) is 35.9 Å². The number of nitrogens with one attached hydrogen (secondary N) is 2. The van der Waals surface area contributed by atoms with E-state index >= 15 is 0 Å². The van der Waals surface area contributed by atoms with E-state index in [4.69, 9.17) is 11.6 Å². The molecule has 158 valence electrons. The van der Waals surface area contributed by atoms with Crippen molar-refractivity contribution in [1.29, 1.82) is 0 Å². The van der Waals surface area contributed by atoms with E-state index in [0.717, 1.165) is 11.4 Å². The van der Waals surface area contributed by atoms with Crippen LogP contribution in [0.4, 0.5) is 5.13 Å². The van der Waals surface area contributed by atoms with Crippen LogP contribution in [0.2, 0.25) is 5.02 Å². The molecule has 3 rings (SSSR count). The molecule has 0 fully saturated rings. The molecule has 1 aromatic carbocycles. The summed E-state index contributed by atoms with van der Waals surface area (Å²) < 4.78 is 1.75. The third-order valence-electron chi connectivity index (χ3n) is 4.06. The van der Waals surface area contributed by atoms with Crippen LogP contribution < -0.4 is 10.6 Å². The van der Waals surface area contributed by atoms with Crippen molar-refractivity contribution in [3.63, 3.8) is 0 Å². The van der Waals surface area contributed by atoms with E-state index in [1.165, 1.54) is 23.1 Å². The van der Waals surface area contributed by atoms with Gasteiger partial charge in [0.1, 0.15) is 5.01 Å². The number of hydrogen-bond acceptors (Lipinski definition) is 8. The zero-order valence-electron chi connectivity index (χ0n) is 16.5. The first-order chi connectivity index (χ1) is 14.4. The van der Waals surface area contributed by atoms with Crippen LogP contribution in [0.3, 0.4) is 0 Å². The molecule has 0 aliphatic heterocycles. The zero-order chi connectivity index (χ0) is 21.7. The topological polar surface area (TPSA) is 115 Å². The maximum Gasteiger partial charge on any atom is 0.251 e. The maximum absolute atomic E-state index is 12.4. The van der Waals surface area contributed by atoms with Crippen molar-refractivity contribution >= 4 is 51.6 Å². The summed E-state index contributed by atoms with van der Waals surface area (Å²) in [5.41, 5.74) is 0.502. The van der Waals surface area contributed by atoms with Gasteiger partial charge in [-0.3, -0.25) is 14.9 Å². The van der Waals surface area contributed by atoms with Crippen molar-refractivity contribution in [1.82, 2.24) is 30.3 Å². The molecule has 3 aromatic rings. The zero-order valence-corrected chi connectivity index (χ0v) is 18.9. The lowest BCUT2D eigenvalue weighted by Gasteiger charge is -2.13. The molecule has 0 aliphatic rings. The summed E-state index contributed by atoms with van der Waals surface area (Å²) in [6, 6.07) is 6.26. The largest absolute Gasteiger partial charge is 0.342 e. The summed E-state index contributed by atoms with van der Waals surface area (Å²) in [7, 11) is 1.79. The molecular formula is C18H20ClN7O2S2. The van der Waals surface area contributed by atoms with Gasteiger partial charge in [0.05, 0.1) is 11.8 Å². The predicted octanol–water partition coefficient (Wildman–Crippen LogP) is 3.10. The monoisotopic (exact) mass is 465 g/mol. The van der Waals surface area contributed by atoms with Crippen LogP contribution in [0, 0.1) is 0 Å². The standard InChI is InChI=1S/C18H20ClN7O2S2/c1-4-14-22-24-17(30-14)21-13(27)9-29-18-25-23-15(26(18)3)10(2)20-16(28)11-5-7-12(19)8-6-11/h5-8,10H,4,9H2,1-3H3,(H,20,28)(H,21,24,27)/t10-/m0/s1. The number of carbonyl (C=O) groups is 2. The Balaban J connectivity index is 1.56. The Hall–Kier alpha value is -2.50. The minimum atomic E-state index is -0.372. The fraction of sp³-hybridized carbons (Fsp3) is 0.333. The van der Waals surface area contributed by atoms with Crippen molar-refractivity contribution in [3.05, 3.63) is 45.7 Å². The molecule has 0 bridgehead atoms. The number of halogens is 1. The molecule has 30 heavy (non-hydrogen) atoms. The Morgan fingerprint density at radius 2 is 1.93 bits per heavy atom. The number of nitrogens with zero attached hydrogens (tertiary/aromatic N) is 5. The highest BCUT2D eigenvalue weighted by atomic mass is 35.5. The highest BCUT2D eigenvalue weighted by Gasteiger charge is 2.19. The van der Waals surface area contributed by atoms with E-state index in [1.807, 2.05) is 13.8 Å². The normalized spacial score (nSPS) is 11.9. The molecule has 2 amide bonds. The number of thioether (sulfide) groups is 1. The van der Waals surface area contributed by atoms with E-state index in [9.17, 15) is 9.59 Å². The Bertz CT molecular complexity index is 1040. The Morgan fingerprint density at radius 1 is 1.20 bits per heavy atom. The molecule has 0 saturated carbocycles. The fourth-order valence-corrected chi connectivity index (χ4v) is 4.05. The van der Waals surface area contributed by atoms with Gasteiger partial charge in [-0.2, -0.15) is 0 Å². The second kappa shape index (κ2) is 10.0. The van der Waals surface area contributed by atoms with Crippen LogP contribution in [0.15, 0.2) is 29.4 Å². The van der Waals surface area contributed by atoms with Crippen LogP contribution in [-0.4, -0.2) is 42.5 Å². The van der Waals surface area contributed by atoms with Crippen molar-refractivity contribution in [2.24, 2.45) is 7.05 Å². The molecule has 9 nitrogen and oxygen atoms in total. The van der Waals surface area contributed by atoms with Gasteiger partial charge in [-0.25, -0.2) is 0 Å². The molecule has 0 unspecified atom stereocenters. The molecular weight excluding hydrogens is 446 g/mol. The predicted molar refractivity (Wildman–Crippen MR) is 117 cm³/mol. The van der Waals surface area contributed by atoms with Gasteiger partial charge in [-0.1, -0.05) is 41.6 Å². The quantitative estimate of drug-likeness (QED) is 0.491. The number of aryl methyl sites for hydroxylation is 1. The van der Waals surface area contributed by atoms with Gasteiger partial charge >= 0.3 is 0 Å². The summed E-state index contributed by atoms with van der Waals surface area (Å²) in [6.45, 7) is 3.80. The van der Waals surface area contributed by atoms with Gasteiger partial charge in [0.2, 0.25) is 11.0 Å². The van der Waals surface area contributed by atoms with Crippen LogP contribution in [-0.2, 0) is 18.3 Å². The SMILES string of the molecule is CCc1nnc(NC(=O)CSc2nnc([C@H](C)NC(=O)c3ccc(Cl)cc3)n2C)s1. The molecule has 0 spiro atoms. The van der Waals surface area contributed by atoms with Gasteiger partial charge in [0, 0.05) is 17.6 Å². The second-order valence-electron chi connectivity index (χ2n) is 6.29. The van der Waals surface area contributed by atoms with Gasteiger partial charge in [0.25, 0.3) is 5.91 Å². The number of carbonyl (C=O) groups excluding carboxylic acids is 2. The van der Waals surface area contributed by atoms with E-state index in [0.29, 0.717) is 26.7 Å². The Labute approximate surface area is 186 Å². The smallest absolute Gasteiger partial charge is 0.251 e. The van der Waals surface area contributed by atoms with Crippen LogP contribution in [0.5, 0.6) is 0 Å². The number of amides is 2. The van der Waals surface area contributed by atoms with Gasteiger partial charge in [-0.15, -0.1) is 20.4 Å². The molecule has 2 N–H and O–H groups in total. The summed E-state index contributed by atoms with van der Waals surface area (Å²) in [5, 5.41) is 24.3. The van der Waals surface area contributed by atoms with Crippen molar-refractivity contribution in [2.45, 2.75) is 31.5 Å². The number of rotatable bonds is 8. The minimum Gasteiger partial charge on any atom is -0.342 e. The molecule has 0 radical (unpaired) electrons. The molecule has 0 saturated heterocycles. The summed E-state index contributed by atoms with van der Waals surface area (Å²) in [4.78, 5) is 24.5. The van der Waals surface area contributed by atoms with Crippen LogP contribution in [0.1, 0.15) is 41.1 Å². The molecule has 0 aliphatic carbocycles. The fourth-order valence-electron chi connectivity index (χ4n) is 2.51. The summed E-state index contributed by atoms with van der Waals surface area (Å²) in [6.07, 6.45) is 0.775. The average molecular weight is 466 g/mol. The van der Waals surface area contributed by atoms with Gasteiger partial charge < -0.3 is 9.88 Å². The maximum atomic E-state index is 12.4. The third kappa shape index (κ3) is 5.55. The summed E-state index contributed by atoms with van der Waals surface area (Å²) >= 11 is 8.46. The first-order valence-electron chi connectivity index (χ1n) is 9.08. The first-order valence-corrected chi connectivity index (χ1v) is 11.3. The molecule has 12 heteroatoms. The van der Waals surface area contributed by atoms with E-state index in [2.05, 4.69) is 31.0 Å². The number of aromatic nitrogens is 5. The van der Waals surface area contributed by atoms with Gasteiger partial charge in [0.15, 0.2) is 11.0 Å². The number of benzene rings is 1. The first kappa shape index (κ1) is 22.2. The van der Waals surface area contributed by atoms with Crippen molar-refractivity contribution in [3.8, 4) is 0 Å². The van der Waals surface area contributed by atoms with Crippen molar-refractivity contribution < 1.29 is 9.59 Å². The van der Waals surface area contributed by atoms with Crippen LogP contribution >= 0.6 is 34.7 Å². The van der Waals surface area contributed by atoms with E-state index in [-0.39, 0.29) is 23.6 Å². The lowest BCUT2D eigenvalue weighted by Crippen LogP contribution is -2.28. The Kier molecular flexibility index (Phi) is 7.40. The highest BCUT2D eigenvalue weighted by Crippen LogP contribution is 2.21. The number of anilines is 1. The minimum absolute atomic E-state index is 0.151. The van der Waals surface area contributed by atoms with E-state index < -0.39 is 0 Å². The van der Waals surface area contributed by atoms with Crippen molar-refractivity contribution in [2.75, 3.05) is 11.1 Å². The number of hydrogen-bond donors (Lipinski definition) is 2. The summed E-state index contributed by atoms with van der Waals surface area (Å²) in [5.74, 6) is 0.294. The lowest BCUT2D eigenvalue weighted by atomic mass is 10.2. The second-order valence-corrected chi connectivity index (χ2v) is 8.73. The molecule has 2 heterocycles. The lowest BCUT2D eigenvalue weighted by molar-refractivity contribution is -0.113. The highest BCUT2D eigenvalue weighted by molar-refractivity contribution is 7.99. The Morgan fingerprint density at radius 3 is 2.60 bits per heavy atom. The molecule has 1 atom stereocenters. The molecule has 2 aromatic heterocycles. The van der Waals surface area contributed by atoms with Gasteiger partial charge in [-0.05, 0) is 37.6 Å². The van der Waals surface area contributed by atoms with Crippen LogP contribution in [0.25, 0.3) is 0 Å².